The minimum Gasteiger partial charge on any atom is -0.459 e. The second-order valence-electron chi connectivity index (χ2n) is 6.94. The van der Waals surface area contributed by atoms with Crippen LogP contribution in [0, 0.1) is 0 Å². The molecular weight excluding hydrogens is 396 g/mol. The summed E-state index contributed by atoms with van der Waals surface area (Å²) < 4.78 is 35.4. The summed E-state index contributed by atoms with van der Waals surface area (Å²) in [6, 6.07) is 15.0. The quantitative estimate of drug-likeness (QED) is 0.671. The maximum atomic E-state index is 12.7. The lowest BCUT2D eigenvalue weighted by Gasteiger charge is -2.28. The summed E-state index contributed by atoms with van der Waals surface area (Å²) >= 11 is 0. The van der Waals surface area contributed by atoms with Crippen molar-refractivity contribution in [2.75, 3.05) is 6.54 Å². The highest BCUT2D eigenvalue weighted by molar-refractivity contribution is 7.86. The highest BCUT2D eigenvalue weighted by Crippen LogP contribution is 2.32. The van der Waals surface area contributed by atoms with Crippen LogP contribution in [0.3, 0.4) is 0 Å². The SMILES string of the molecule is O=C(OCc1ccccc1)[C@H]1CC[C@H]2CN1C(=O)N2OS(=O)(=O)c1ccccc1. The van der Waals surface area contributed by atoms with E-state index >= 15 is 0 Å². The molecule has 2 heterocycles. The van der Waals surface area contributed by atoms with Gasteiger partial charge in [0.1, 0.15) is 12.6 Å². The Hall–Kier alpha value is -2.91. The van der Waals surface area contributed by atoms with Crippen molar-refractivity contribution >= 4 is 22.1 Å². The highest BCUT2D eigenvalue weighted by atomic mass is 32.2. The summed E-state index contributed by atoms with van der Waals surface area (Å²) in [6.07, 6.45) is 0.826. The molecule has 0 unspecified atom stereocenters. The molecule has 0 aromatic heterocycles. The third-order valence-corrected chi connectivity index (χ3v) is 6.24. The van der Waals surface area contributed by atoms with Crippen molar-refractivity contribution < 1.29 is 27.0 Å². The molecule has 2 amide bonds. The summed E-state index contributed by atoms with van der Waals surface area (Å²) in [5.74, 6) is -0.506. The predicted molar refractivity (Wildman–Crippen MR) is 102 cm³/mol. The molecule has 2 aliphatic rings. The number of rotatable bonds is 6. The summed E-state index contributed by atoms with van der Waals surface area (Å²) in [4.78, 5) is 26.5. The number of hydrogen-bond acceptors (Lipinski definition) is 6. The predicted octanol–water partition coefficient (Wildman–Crippen LogP) is 2.32. The van der Waals surface area contributed by atoms with Gasteiger partial charge < -0.3 is 9.64 Å². The Morgan fingerprint density at radius 3 is 2.34 bits per heavy atom. The molecule has 2 aliphatic heterocycles. The number of carbonyl (C=O) groups is 2. The van der Waals surface area contributed by atoms with Crippen LogP contribution < -0.4 is 0 Å². The topological polar surface area (TPSA) is 93.2 Å². The van der Waals surface area contributed by atoms with Crippen LogP contribution >= 0.6 is 0 Å². The van der Waals surface area contributed by atoms with Crippen molar-refractivity contribution in [1.29, 1.82) is 0 Å². The van der Waals surface area contributed by atoms with Gasteiger partial charge in [0, 0.05) is 6.54 Å². The summed E-state index contributed by atoms with van der Waals surface area (Å²) in [5.41, 5.74) is 0.848. The first kappa shape index (κ1) is 19.4. The molecular formula is C20H20N2O6S. The highest BCUT2D eigenvalue weighted by Gasteiger charge is 2.50. The zero-order chi connectivity index (χ0) is 20.4. The van der Waals surface area contributed by atoms with E-state index in [1.165, 1.54) is 17.0 Å². The number of benzene rings is 2. The minimum absolute atomic E-state index is 0.0388. The van der Waals surface area contributed by atoms with E-state index < -0.39 is 34.2 Å². The number of nitrogens with zero attached hydrogens (tertiary/aromatic N) is 2. The van der Waals surface area contributed by atoms with Gasteiger partial charge in [-0.25, -0.2) is 9.59 Å². The summed E-state index contributed by atoms with van der Waals surface area (Å²) in [5, 5.41) is 0.868. The Bertz CT molecular complexity index is 996. The average Bonchev–Trinajstić information content (AvgIpc) is 2.98. The largest absolute Gasteiger partial charge is 0.459 e. The van der Waals surface area contributed by atoms with Crippen LogP contribution in [0.4, 0.5) is 4.79 Å². The number of urea groups is 1. The number of amides is 2. The fourth-order valence-electron chi connectivity index (χ4n) is 3.54. The zero-order valence-corrected chi connectivity index (χ0v) is 16.3. The molecule has 0 radical (unpaired) electrons. The van der Waals surface area contributed by atoms with Crippen LogP contribution in [-0.2, 0) is 30.5 Å². The number of hydrogen-bond donors (Lipinski definition) is 0. The molecule has 0 aliphatic carbocycles. The van der Waals surface area contributed by atoms with Crippen molar-refractivity contribution in [2.24, 2.45) is 0 Å². The fourth-order valence-corrected chi connectivity index (χ4v) is 4.51. The van der Waals surface area contributed by atoms with Gasteiger partial charge in [-0.05, 0) is 30.5 Å². The molecule has 0 N–H and O–H groups in total. The van der Waals surface area contributed by atoms with Gasteiger partial charge in [-0.3, -0.25) is 0 Å². The maximum Gasteiger partial charge on any atom is 0.346 e. The molecule has 4 rings (SSSR count). The van der Waals surface area contributed by atoms with E-state index in [4.69, 9.17) is 9.02 Å². The standard InChI is InChI=1S/C20H20N2O6S/c23-19(27-14-15-7-3-1-4-8-15)18-12-11-16-13-21(18)20(24)22(16)28-29(25,26)17-9-5-2-6-10-17/h1-10,16,18H,11-14H2/t16-,18+/m0/s1. The first-order valence-corrected chi connectivity index (χ1v) is 10.7. The van der Waals surface area contributed by atoms with Gasteiger partial charge in [0.05, 0.1) is 10.9 Å². The first-order valence-electron chi connectivity index (χ1n) is 9.26. The number of fused-ring (bicyclic) bond motifs is 2. The lowest BCUT2D eigenvalue weighted by atomic mass is 10.0. The van der Waals surface area contributed by atoms with E-state index in [-0.39, 0.29) is 18.0 Å². The molecule has 2 aromatic rings. The average molecular weight is 416 g/mol. The second kappa shape index (κ2) is 7.84. The van der Waals surface area contributed by atoms with Gasteiger partial charge in [0.25, 0.3) is 0 Å². The van der Waals surface area contributed by atoms with E-state index in [9.17, 15) is 18.0 Å². The molecule has 152 valence electrons. The smallest absolute Gasteiger partial charge is 0.346 e. The van der Waals surface area contributed by atoms with Crippen molar-refractivity contribution in [3.8, 4) is 0 Å². The van der Waals surface area contributed by atoms with Crippen LogP contribution in [0.15, 0.2) is 65.6 Å². The third-order valence-electron chi connectivity index (χ3n) is 5.03. The fraction of sp³-hybridized carbons (Fsp3) is 0.300. The molecule has 8 nitrogen and oxygen atoms in total. The number of piperidine rings is 1. The van der Waals surface area contributed by atoms with Gasteiger partial charge >= 0.3 is 22.1 Å². The van der Waals surface area contributed by atoms with Crippen molar-refractivity contribution in [2.45, 2.75) is 36.4 Å². The molecule has 2 bridgehead atoms. The molecule has 0 saturated carbocycles. The maximum absolute atomic E-state index is 12.7. The molecule has 2 atom stereocenters. The summed E-state index contributed by atoms with van der Waals surface area (Å²) in [7, 11) is -4.14. The number of hydroxylamine groups is 2. The van der Waals surface area contributed by atoms with Crippen LogP contribution in [-0.4, -0.2) is 49.0 Å². The van der Waals surface area contributed by atoms with Crippen molar-refractivity contribution in [1.82, 2.24) is 9.96 Å². The van der Waals surface area contributed by atoms with Crippen molar-refractivity contribution in [3.05, 3.63) is 66.2 Å². The Morgan fingerprint density at radius 1 is 1.00 bits per heavy atom. The monoisotopic (exact) mass is 416 g/mol. The van der Waals surface area contributed by atoms with Crippen LogP contribution in [0.5, 0.6) is 0 Å². The van der Waals surface area contributed by atoms with Gasteiger partial charge in [0.2, 0.25) is 0 Å². The van der Waals surface area contributed by atoms with Crippen molar-refractivity contribution in [3.63, 3.8) is 0 Å². The van der Waals surface area contributed by atoms with Crippen LogP contribution in [0.2, 0.25) is 0 Å². The van der Waals surface area contributed by atoms with E-state index in [0.29, 0.717) is 12.8 Å². The van der Waals surface area contributed by atoms with Gasteiger partial charge in [-0.15, -0.1) is 4.28 Å². The first-order chi connectivity index (χ1) is 14.0. The lowest BCUT2D eigenvalue weighted by molar-refractivity contribution is -0.151. The van der Waals surface area contributed by atoms with Gasteiger partial charge in [-0.1, -0.05) is 48.5 Å². The Balaban J connectivity index is 1.43. The number of carbonyl (C=O) groups excluding carboxylic acids is 2. The van der Waals surface area contributed by atoms with E-state index in [2.05, 4.69) is 0 Å². The number of ether oxygens (including phenoxy) is 1. The van der Waals surface area contributed by atoms with Gasteiger partial charge in [-0.2, -0.15) is 13.5 Å². The Kier molecular flexibility index (Phi) is 5.25. The molecule has 2 fully saturated rings. The third kappa shape index (κ3) is 3.96. The second-order valence-corrected chi connectivity index (χ2v) is 8.47. The molecule has 9 heteroatoms. The normalized spacial score (nSPS) is 21.3. The van der Waals surface area contributed by atoms with Gasteiger partial charge in [0.15, 0.2) is 0 Å². The number of esters is 1. The minimum atomic E-state index is -4.14. The molecule has 0 spiro atoms. The van der Waals surface area contributed by atoms with E-state index in [0.717, 1.165) is 10.6 Å². The Morgan fingerprint density at radius 2 is 1.66 bits per heavy atom. The zero-order valence-electron chi connectivity index (χ0n) is 15.5. The molecule has 2 saturated heterocycles. The van der Waals surface area contributed by atoms with Crippen LogP contribution in [0.25, 0.3) is 0 Å². The summed E-state index contributed by atoms with van der Waals surface area (Å²) in [6.45, 7) is 0.332. The van der Waals surface area contributed by atoms with Crippen LogP contribution in [0.1, 0.15) is 18.4 Å². The molecule has 2 aromatic carbocycles. The van der Waals surface area contributed by atoms with E-state index in [1.807, 2.05) is 30.3 Å². The van der Waals surface area contributed by atoms with E-state index in [1.54, 1.807) is 18.2 Å². The molecule has 29 heavy (non-hydrogen) atoms. The Labute approximate surface area is 168 Å². The lowest BCUT2D eigenvalue weighted by Crippen LogP contribution is -2.45.